The van der Waals surface area contributed by atoms with E-state index < -0.39 is 0 Å². The summed E-state index contributed by atoms with van der Waals surface area (Å²) in [5.74, 6) is 3.42. The third-order valence-electron chi connectivity index (χ3n) is 4.05. The fourth-order valence-corrected chi connectivity index (χ4v) is 3.19. The van der Waals surface area contributed by atoms with Gasteiger partial charge < -0.3 is 9.80 Å². The van der Waals surface area contributed by atoms with Gasteiger partial charge in [-0.1, -0.05) is 0 Å². The van der Waals surface area contributed by atoms with Crippen molar-refractivity contribution in [2.24, 2.45) is 5.92 Å². The van der Waals surface area contributed by atoms with Gasteiger partial charge in [0, 0.05) is 32.1 Å². The summed E-state index contributed by atoms with van der Waals surface area (Å²) in [6.07, 6.45) is 3.78. The van der Waals surface area contributed by atoms with Gasteiger partial charge in [0.1, 0.15) is 16.2 Å². The number of rotatable bonds is 4. The van der Waals surface area contributed by atoms with Gasteiger partial charge in [-0.25, -0.2) is 9.97 Å². The van der Waals surface area contributed by atoms with E-state index >= 15 is 0 Å². The first-order valence-electron chi connectivity index (χ1n) is 7.06. The Hall–Kier alpha value is -0.680. The largest absolute Gasteiger partial charge is 0.359 e. The van der Waals surface area contributed by atoms with Gasteiger partial charge in [0.2, 0.25) is 0 Å². The van der Waals surface area contributed by atoms with Crippen molar-refractivity contribution < 1.29 is 0 Å². The van der Waals surface area contributed by atoms with Crippen LogP contribution in [0, 0.1) is 5.92 Å². The van der Waals surface area contributed by atoms with Crippen LogP contribution in [-0.2, 0) is 0 Å². The minimum Gasteiger partial charge on any atom is -0.359 e. The summed E-state index contributed by atoms with van der Waals surface area (Å²) in [5.41, 5.74) is 0. The molecule has 2 fully saturated rings. The van der Waals surface area contributed by atoms with Crippen molar-refractivity contribution in [2.75, 3.05) is 38.6 Å². The molecule has 0 bridgehead atoms. The third kappa shape index (κ3) is 3.26. The molecular formula is C14H21BrN4. The molecule has 0 spiro atoms. The molecule has 0 radical (unpaired) electrons. The molecule has 19 heavy (non-hydrogen) atoms. The van der Waals surface area contributed by atoms with Crippen LogP contribution in [0.1, 0.15) is 31.0 Å². The maximum Gasteiger partial charge on any atom is 0.135 e. The molecule has 1 aliphatic carbocycles. The molecule has 1 atom stereocenters. The number of aromatic nitrogens is 2. The molecule has 1 saturated carbocycles. The fourth-order valence-electron chi connectivity index (χ4n) is 2.80. The molecule has 1 aromatic rings. The zero-order chi connectivity index (χ0) is 13.4. The third-order valence-corrected chi connectivity index (χ3v) is 4.46. The van der Waals surface area contributed by atoms with Crippen molar-refractivity contribution in [3.8, 4) is 0 Å². The molecule has 2 aliphatic rings. The van der Waals surface area contributed by atoms with E-state index in [4.69, 9.17) is 4.98 Å². The average Bonchev–Trinajstić information content (AvgIpc) is 3.13. The number of hydrogen-bond acceptors (Lipinski definition) is 4. The quantitative estimate of drug-likeness (QED) is 0.796. The minimum absolute atomic E-state index is 0.599. The Morgan fingerprint density at radius 2 is 2.16 bits per heavy atom. The van der Waals surface area contributed by atoms with Gasteiger partial charge in [-0.2, -0.15) is 0 Å². The van der Waals surface area contributed by atoms with Crippen LogP contribution in [0.4, 0.5) is 5.82 Å². The van der Waals surface area contributed by atoms with E-state index in [1.807, 2.05) is 6.07 Å². The Balaban J connectivity index is 1.70. The smallest absolute Gasteiger partial charge is 0.135 e. The van der Waals surface area contributed by atoms with E-state index in [-0.39, 0.29) is 0 Å². The normalized spacial score (nSPS) is 23.8. The summed E-state index contributed by atoms with van der Waals surface area (Å²) in [6, 6.07) is 2.03. The Morgan fingerprint density at radius 1 is 1.37 bits per heavy atom. The first kappa shape index (κ1) is 13.3. The van der Waals surface area contributed by atoms with Crippen molar-refractivity contribution in [3.63, 3.8) is 0 Å². The summed E-state index contributed by atoms with van der Waals surface area (Å²) in [4.78, 5) is 13.9. The highest BCUT2D eigenvalue weighted by atomic mass is 79.9. The Labute approximate surface area is 123 Å². The van der Waals surface area contributed by atoms with Crippen LogP contribution >= 0.6 is 15.9 Å². The second-order valence-corrected chi connectivity index (χ2v) is 6.79. The molecule has 3 rings (SSSR count). The molecule has 0 N–H and O–H groups in total. The van der Waals surface area contributed by atoms with Gasteiger partial charge in [-0.15, -0.1) is 0 Å². The second-order valence-electron chi connectivity index (χ2n) is 5.98. The SMILES string of the molecule is CN1CCC(CN(C)c2cc(Br)nc(C3CC3)n2)C1. The second kappa shape index (κ2) is 5.37. The first-order valence-corrected chi connectivity index (χ1v) is 7.85. The first-order chi connectivity index (χ1) is 9.11. The number of likely N-dealkylation sites (tertiary alicyclic amines) is 1. The lowest BCUT2D eigenvalue weighted by molar-refractivity contribution is 0.395. The van der Waals surface area contributed by atoms with E-state index in [1.165, 1.54) is 32.4 Å². The van der Waals surface area contributed by atoms with Gasteiger partial charge in [0.15, 0.2) is 0 Å². The van der Waals surface area contributed by atoms with E-state index in [0.29, 0.717) is 5.92 Å². The van der Waals surface area contributed by atoms with Crippen LogP contribution < -0.4 is 4.90 Å². The molecule has 1 unspecified atom stereocenters. The Bertz CT molecular complexity index is 461. The van der Waals surface area contributed by atoms with Gasteiger partial charge in [0.05, 0.1) is 0 Å². The van der Waals surface area contributed by atoms with Gasteiger partial charge in [0.25, 0.3) is 0 Å². The summed E-state index contributed by atoms with van der Waals surface area (Å²) in [5, 5.41) is 0. The van der Waals surface area contributed by atoms with Crippen LogP contribution in [0.25, 0.3) is 0 Å². The van der Waals surface area contributed by atoms with Crippen molar-refractivity contribution in [3.05, 3.63) is 16.5 Å². The summed E-state index contributed by atoms with van der Waals surface area (Å²) >= 11 is 3.51. The van der Waals surface area contributed by atoms with E-state index in [1.54, 1.807) is 0 Å². The Morgan fingerprint density at radius 3 is 2.79 bits per heavy atom. The molecule has 4 nitrogen and oxygen atoms in total. The zero-order valence-electron chi connectivity index (χ0n) is 11.6. The lowest BCUT2D eigenvalue weighted by atomic mass is 10.1. The lowest BCUT2D eigenvalue weighted by Crippen LogP contribution is -2.28. The summed E-state index contributed by atoms with van der Waals surface area (Å²) in [6.45, 7) is 3.50. The highest BCUT2D eigenvalue weighted by Crippen LogP contribution is 2.39. The van der Waals surface area contributed by atoms with E-state index in [0.717, 1.165) is 28.7 Å². The molecule has 1 saturated heterocycles. The van der Waals surface area contributed by atoms with Crippen LogP contribution in [0.5, 0.6) is 0 Å². The number of anilines is 1. The molecule has 2 heterocycles. The average molecular weight is 325 g/mol. The van der Waals surface area contributed by atoms with Crippen molar-refractivity contribution in [1.29, 1.82) is 0 Å². The molecule has 5 heteroatoms. The lowest BCUT2D eigenvalue weighted by Gasteiger charge is -2.22. The molecule has 104 valence electrons. The van der Waals surface area contributed by atoms with E-state index in [9.17, 15) is 0 Å². The number of hydrogen-bond donors (Lipinski definition) is 0. The van der Waals surface area contributed by atoms with Crippen molar-refractivity contribution >= 4 is 21.7 Å². The zero-order valence-corrected chi connectivity index (χ0v) is 13.2. The molecule has 1 aromatic heterocycles. The monoisotopic (exact) mass is 324 g/mol. The van der Waals surface area contributed by atoms with Crippen LogP contribution in [-0.4, -0.2) is 48.6 Å². The minimum atomic E-state index is 0.599. The fraction of sp³-hybridized carbons (Fsp3) is 0.714. The van der Waals surface area contributed by atoms with Crippen molar-refractivity contribution in [1.82, 2.24) is 14.9 Å². The topological polar surface area (TPSA) is 32.3 Å². The standard InChI is InChI=1S/C14H21BrN4/c1-18-6-5-10(8-18)9-19(2)13-7-12(15)16-14(17-13)11-3-4-11/h7,10-11H,3-6,8-9H2,1-2H3. The predicted molar refractivity (Wildman–Crippen MR) is 80.6 cm³/mol. The molecule has 1 aliphatic heterocycles. The highest BCUT2D eigenvalue weighted by molar-refractivity contribution is 9.10. The molecule has 0 amide bonds. The highest BCUT2D eigenvalue weighted by Gasteiger charge is 2.28. The predicted octanol–water partition coefficient (Wildman–Crippen LogP) is 2.50. The summed E-state index contributed by atoms with van der Waals surface area (Å²) in [7, 11) is 4.34. The maximum absolute atomic E-state index is 4.73. The van der Waals surface area contributed by atoms with Gasteiger partial charge in [-0.05, 0) is 54.7 Å². The van der Waals surface area contributed by atoms with Crippen molar-refractivity contribution in [2.45, 2.75) is 25.2 Å². The number of nitrogens with zero attached hydrogens (tertiary/aromatic N) is 4. The summed E-state index contributed by atoms with van der Waals surface area (Å²) < 4.78 is 0.912. The van der Waals surface area contributed by atoms with Gasteiger partial charge in [-0.3, -0.25) is 0 Å². The van der Waals surface area contributed by atoms with Crippen LogP contribution in [0.3, 0.4) is 0 Å². The molecular weight excluding hydrogens is 304 g/mol. The van der Waals surface area contributed by atoms with Gasteiger partial charge >= 0.3 is 0 Å². The number of halogens is 1. The van der Waals surface area contributed by atoms with Crippen LogP contribution in [0.2, 0.25) is 0 Å². The maximum atomic E-state index is 4.73. The molecule has 0 aromatic carbocycles. The Kier molecular flexibility index (Phi) is 3.76. The van der Waals surface area contributed by atoms with E-state index in [2.05, 4.69) is 44.8 Å². The van der Waals surface area contributed by atoms with Crippen LogP contribution in [0.15, 0.2) is 10.7 Å².